The van der Waals surface area contributed by atoms with Crippen LogP contribution >= 0.6 is 0 Å². The van der Waals surface area contributed by atoms with Crippen molar-refractivity contribution in [1.29, 1.82) is 0 Å². The molecule has 1 aliphatic carbocycles. The molecule has 2 heterocycles. The van der Waals surface area contributed by atoms with E-state index in [4.69, 9.17) is 14.5 Å². The molecule has 29 heavy (non-hydrogen) atoms. The molecule has 0 spiro atoms. The molecule has 0 radical (unpaired) electrons. The first-order valence-electron chi connectivity index (χ1n) is 10.2. The van der Waals surface area contributed by atoms with Crippen LogP contribution in [0.5, 0.6) is 5.75 Å². The summed E-state index contributed by atoms with van der Waals surface area (Å²) >= 11 is 0. The minimum Gasteiger partial charge on any atom is -0.497 e. The monoisotopic (exact) mass is 396 g/mol. The molecule has 1 saturated heterocycles. The maximum Gasteiger partial charge on any atom is 0.251 e. The number of morpholine rings is 1. The van der Waals surface area contributed by atoms with Crippen molar-refractivity contribution in [3.8, 4) is 5.75 Å². The Bertz CT molecular complexity index is 861. The Kier molecular flexibility index (Phi) is 5.67. The van der Waals surface area contributed by atoms with Gasteiger partial charge in [0, 0.05) is 30.4 Å². The fourth-order valence-electron chi connectivity index (χ4n) is 4.16. The minimum absolute atomic E-state index is 0.0649. The van der Waals surface area contributed by atoms with E-state index in [0.717, 1.165) is 55.3 Å². The van der Waals surface area contributed by atoms with Crippen LogP contribution in [-0.4, -0.2) is 48.3 Å². The van der Waals surface area contributed by atoms with Crippen LogP contribution in [0.2, 0.25) is 0 Å². The molecule has 154 valence electrons. The van der Waals surface area contributed by atoms with Gasteiger partial charge >= 0.3 is 0 Å². The largest absolute Gasteiger partial charge is 0.497 e. The summed E-state index contributed by atoms with van der Waals surface area (Å²) in [4.78, 5) is 24.4. The van der Waals surface area contributed by atoms with Crippen LogP contribution in [0, 0.1) is 0 Å². The highest BCUT2D eigenvalue weighted by molar-refractivity contribution is 5.94. The van der Waals surface area contributed by atoms with Crippen molar-refractivity contribution >= 4 is 11.9 Å². The first-order valence-corrected chi connectivity index (χ1v) is 10.2. The van der Waals surface area contributed by atoms with Gasteiger partial charge in [0.05, 0.1) is 31.1 Å². The van der Waals surface area contributed by atoms with Gasteiger partial charge < -0.3 is 19.7 Å². The van der Waals surface area contributed by atoms with Gasteiger partial charge in [-0.3, -0.25) is 4.79 Å². The predicted molar refractivity (Wildman–Crippen MR) is 110 cm³/mol. The van der Waals surface area contributed by atoms with Crippen LogP contribution in [0.4, 0.5) is 5.95 Å². The van der Waals surface area contributed by atoms with Crippen LogP contribution in [0.15, 0.2) is 30.5 Å². The number of benzene rings is 1. The molecule has 4 rings (SSSR count). The number of ether oxygens (including phenoxy) is 2. The van der Waals surface area contributed by atoms with E-state index in [1.165, 1.54) is 0 Å². The van der Waals surface area contributed by atoms with Gasteiger partial charge in [0.1, 0.15) is 5.75 Å². The fraction of sp³-hybridized carbons (Fsp3) is 0.500. The Hall–Kier alpha value is -2.67. The molecule has 1 fully saturated rings. The lowest BCUT2D eigenvalue weighted by Crippen LogP contribution is -2.46. The molecular weight excluding hydrogens is 368 g/mol. The third-order valence-corrected chi connectivity index (χ3v) is 5.53. The lowest BCUT2D eigenvalue weighted by Gasteiger charge is -2.36. The highest BCUT2D eigenvalue weighted by Crippen LogP contribution is 2.30. The zero-order valence-corrected chi connectivity index (χ0v) is 17.2. The molecule has 1 aromatic carbocycles. The van der Waals surface area contributed by atoms with Gasteiger partial charge in [-0.2, -0.15) is 0 Å². The van der Waals surface area contributed by atoms with E-state index >= 15 is 0 Å². The molecular formula is C22H28N4O3. The van der Waals surface area contributed by atoms with E-state index < -0.39 is 0 Å². The van der Waals surface area contributed by atoms with Crippen molar-refractivity contribution in [2.75, 3.05) is 25.1 Å². The number of aryl methyl sites for hydroxylation is 1. The van der Waals surface area contributed by atoms with Crippen LogP contribution < -0.4 is 15.0 Å². The van der Waals surface area contributed by atoms with Crippen molar-refractivity contribution in [3.63, 3.8) is 0 Å². The Morgan fingerprint density at radius 2 is 1.93 bits per heavy atom. The first-order chi connectivity index (χ1) is 14.0. The van der Waals surface area contributed by atoms with Crippen LogP contribution in [-0.2, 0) is 11.2 Å². The number of hydrogen-bond donors (Lipinski definition) is 1. The Morgan fingerprint density at radius 3 is 2.62 bits per heavy atom. The lowest BCUT2D eigenvalue weighted by atomic mass is 9.92. The number of amides is 1. The number of nitrogens with zero attached hydrogens (tertiary/aromatic N) is 3. The van der Waals surface area contributed by atoms with Gasteiger partial charge in [0.2, 0.25) is 5.95 Å². The molecule has 1 aliphatic heterocycles. The zero-order chi connectivity index (χ0) is 20.4. The Morgan fingerprint density at radius 1 is 1.21 bits per heavy atom. The third kappa shape index (κ3) is 4.34. The standard InChI is InChI=1S/C22H28N4O3/c1-14-12-26(13-15(2)29-14)22-23-11-18-19(5-4-6-20(18)25-22)24-21(27)16-7-9-17(28-3)10-8-16/h7-11,14-15,19H,4-6,12-13H2,1-3H3,(H,24,27). The molecule has 3 unspecified atom stereocenters. The zero-order valence-electron chi connectivity index (χ0n) is 17.2. The Balaban J connectivity index is 1.50. The highest BCUT2D eigenvalue weighted by atomic mass is 16.5. The van der Waals surface area contributed by atoms with Crippen molar-refractivity contribution in [2.24, 2.45) is 0 Å². The van der Waals surface area contributed by atoms with Crippen molar-refractivity contribution in [3.05, 3.63) is 47.3 Å². The van der Waals surface area contributed by atoms with Crippen LogP contribution in [0.25, 0.3) is 0 Å². The second-order valence-electron chi connectivity index (χ2n) is 7.88. The smallest absolute Gasteiger partial charge is 0.251 e. The fourth-order valence-corrected chi connectivity index (χ4v) is 4.16. The number of nitrogens with one attached hydrogen (secondary N) is 1. The second kappa shape index (κ2) is 8.37. The molecule has 0 bridgehead atoms. The highest BCUT2D eigenvalue weighted by Gasteiger charge is 2.28. The molecule has 0 saturated carbocycles. The van der Waals surface area contributed by atoms with E-state index in [1.807, 2.05) is 6.20 Å². The normalized spacial score (nSPS) is 24.0. The number of methoxy groups -OCH3 is 1. The van der Waals surface area contributed by atoms with E-state index in [-0.39, 0.29) is 24.2 Å². The quantitative estimate of drug-likeness (QED) is 0.856. The van der Waals surface area contributed by atoms with Crippen LogP contribution in [0.1, 0.15) is 54.3 Å². The summed E-state index contributed by atoms with van der Waals surface area (Å²) in [6.07, 6.45) is 5.01. The summed E-state index contributed by atoms with van der Waals surface area (Å²) in [7, 11) is 1.61. The number of anilines is 1. The van der Waals surface area contributed by atoms with Crippen LogP contribution in [0.3, 0.4) is 0 Å². The maximum absolute atomic E-state index is 12.7. The summed E-state index contributed by atoms with van der Waals surface area (Å²) < 4.78 is 11.0. The first kappa shape index (κ1) is 19.6. The van der Waals surface area contributed by atoms with Gasteiger partial charge in [-0.1, -0.05) is 0 Å². The van der Waals surface area contributed by atoms with Crippen molar-refractivity contribution < 1.29 is 14.3 Å². The summed E-state index contributed by atoms with van der Waals surface area (Å²) in [6, 6.07) is 7.08. The molecule has 2 aliphatic rings. The third-order valence-electron chi connectivity index (χ3n) is 5.53. The number of carbonyl (C=O) groups excluding carboxylic acids is 1. The van der Waals surface area contributed by atoms with E-state index in [1.54, 1.807) is 31.4 Å². The number of hydrogen-bond acceptors (Lipinski definition) is 6. The molecule has 1 N–H and O–H groups in total. The van der Waals surface area contributed by atoms with Gasteiger partial charge in [0.25, 0.3) is 5.91 Å². The van der Waals surface area contributed by atoms with Gasteiger partial charge in [-0.15, -0.1) is 0 Å². The van der Waals surface area contributed by atoms with Crippen molar-refractivity contribution in [1.82, 2.24) is 15.3 Å². The number of carbonyl (C=O) groups is 1. The Labute approximate surface area is 171 Å². The number of fused-ring (bicyclic) bond motifs is 1. The van der Waals surface area contributed by atoms with E-state index in [0.29, 0.717) is 5.56 Å². The number of aromatic nitrogens is 2. The van der Waals surface area contributed by atoms with Crippen molar-refractivity contribution in [2.45, 2.75) is 51.4 Å². The summed E-state index contributed by atoms with van der Waals surface area (Å²) in [5.74, 6) is 1.40. The maximum atomic E-state index is 12.7. The average molecular weight is 396 g/mol. The van der Waals surface area contributed by atoms with Gasteiger partial charge in [0.15, 0.2) is 0 Å². The molecule has 1 amide bonds. The molecule has 3 atom stereocenters. The van der Waals surface area contributed by atoms with Gasteiger partial charge in [-0.25, -0.2) is 9.97 Å². The second-order valence-corrected chi connectivity index (χ2v) is 7.88. The van der Waals surface area contributed by atoms with E-state index in [2.05, 4.69) is 29.0 Å². The number of rotatable bonds is 4. The average Bonchev–Trinajstić information content (AvgIpc) is 2.73. The summed E-state index contributed by atoms with van der Waals surface area (Å²) in [5, 5.41) is 3.15. The lowest BCUT2D eigenvalue weighted by molar-refractivity contribution is -0.00574. The molecule has 2 aromatic rings. The van der Waals surface area contributed by atoms with E-state index in [9.17, 15) is 4.79 Å². The molecule has 1 aromatic heterocycles. The molecule has 7 heteroatoms. The van der Waals surface area contributed by atoms with Gasteiger partial charge in [-0.05, 0) is 57.4 Å². The SMILES string of the molecule is COc1ccc(C(=O)NC2CCCc3nc(N4CC(C)OC(C)C4)ncc32)cc1. The topological polar surface area (TPSA) is 76.6 Å². The summed E-state index contributed by atoms with van der Waals surface area (Å²) in [6.45, 7) is 5.74. The minimum atomic E-state index is -0.0922. The predicted octanol–water partition coefficient (Wildman–Crippen LogP) is 2.91. The summed E-state index contributed by atoms with van der Waals surface area (Å²) in [5.41, 5.74) is 2.68. The molecule has 7 nitrogen and oxygen atoms in total.